The highest BCUT2D eigenvalue weighted by molar-refractivity contribution is 5.79. The van der Waals surface area contributed by atoms with Gasteiger partial charge in [0.25, 0.3) is 0 Å². The second kappa shape index (κ2) is 29.0. The minimum atomic E-state index is -0.943. The van der Waals surface area contributed by atoms with Crippen molar-refractivity contribution >= 4 is 11.9 Å². The lowest BCUT2D eigenvalue weighted by Crippen LogP contribution is -2.21. The van der Waals surface area contributed by atoms with Crippen molar-refractivity contribution in [2.24, 2.45) is 5.92 Å². The minimum Gasteiger partial charge on any atom is -0.481 e. The smallest absolute Gasteiger partial charge is 0.309 e. The number of carboxylic acids is 1. The number of carboxylic acid groups (broad SMARTS) is 1. The zero-order chi connectivity index (χ0) is 27.2. The van der Waals surface area contributed by atoms with Gasteiger partial charge in [0.2, 0.25) is 0 Å². The number of carbonyl (C=O) groups excluding carboxylic acids is 1. The summed E-state index contributed by atoms with van der Waals surface area (Å²) < 4.78 is 5.04. The first-order chi connectivity index (χ1) is 18.1. The van der Waals surface area contributed by atoms with Gasteiger partial charge in [-0.3, -0.25) is 9.59 Å². The van der Waals surface area contributed by atoms with Gasteiger partial charge in [-0.2, -0.15) is 0 Å². The third kappa shape index (κ3) is 27.3. The lowest BCUT2D eigenvalue weighted by molar-refractivity contribution is -0.152. The maximum absolute atomic E-state index is 12.0. The van der Waals surface area contributed by atoms with Crippen LogP contribution in [0.5, 0.6) is 0 Å². The molecule has 1 unspecified atom stereocenters. The zero-order valence-electron chi connectivity index (χ0n) is 24.4. The highest BCUT2D eigenvalue weighted by atomic mass is 16.5. The Morgan fingerprint density at radius 3 is 1.49 bits per heavy atom. The average Bonchev–Trinajstić information content (AvgIpc) is 2.88. The van der Waals surface area contributed by atoms with Gasteiger partial charge in [-0.25, -0.2) is 0 Å². The van der Waals surface area contributed by atoms with E-state index < -0.39 is 17.9 Å². The number of hydrogen-bond acceptors (Lipinski definition) is 3. The fraction of sp³-hybridized carbons (Fsp3) is 0.818. The Morgan fingerprint density at radius 1 is 0.676 bits per heavy atom. The lowest BCUT2D eigenvalue weighted by Gasteiger charge is -2.13. The molecule has 0 aromatic rings. The van der Waals surface area contributed by atoms with Crippen molar-refractivity contribution in [2.45, 2.75) is 161 Å². The molecular formula is C33H60O4. The van der Waals surface area contributed by atoms with E-state index in [2.05, 4.69) is 25.7 Å². The van der Waals surface area contributed by atoms with Crippen LogP contribution in [0.15, 0.2) is 24.8 Å². The fourth-order valence-corrected chi connectivity index (χ4v) is 4.83. The number of hydrogen-bond donors (Lipinski definition) is 1. The number of ether oxygens (including phenoxy) is 1. The predicted molar refractivity (Wildman–Crippen MR) is 158 cm³/mol. The molecule has 1 N–H and O–H groups in total. The number of aliphatic carboxylic acids is 1. The lowest BCUT2D eigenvalue weighted by atomic mass is 9.97. The van der Waals surface area contributed by atoms with Crippen LogP contribution < -0.4 is 0 Å². The molecule has 0 aromatic carbocycles. The van der Waals surface area contributed by atoms with Gasteiger partial charge in [-0.15, -0.1) is 0 Å². The number of esters is 1. The summed E-state index contributed by atoms with van der Waals surface area (Å²) in [7, 11) is 0. The molecule has 0 bridgehead atoms. The topological polar surface area (TPSA) is 63.6 Å². The van der Waals surface area contributed by atoms with E-state index in [1.165, 1.54) is 128 Å². The van der Waals surface area contributed by atoms with Gasteiger partial charge in [-0.05, 0) is 32.1 Å². The minimum absolute atomic E-state index is 0.145. The van der Waals surface area contributed by atoms with Gasteiger partial charge in [0.15, 0.2) is 0 Å². The molecule has 0 spiro atoms. The summed E-state index contributed by atoms with van der Waals surface area (Å²) >= 11 is 0. The molecule has 4 heteroatoms. The van der Waals surface area contributed by atoms with Crippen molar-refractivity contribution in [3.8, 4) is 0 Å². The first-order valence-electron chi connectivity index (χ1n) is 15.8. The fourth-order valence-electron chi connectivity index (χ4n) is 4.83. The monoisotopic (exact) mass is 520 g/mol. The number of carbonyl (C=O) groups is 2. The predicted octanol–water partition coefficient (Wildman–Crippen LogP) is 10.4. The van der Waals surface area contributed by atoms with Crippen molar-refractivity contribution in [2.75, 3.05) is 6.61 Å². The molecule has 0 fully saturated rings. The second-order valence-corrected chi connectivity index (χ2v) is 10.8. The molecule has 0 radical (unpaired) electrons. The first-order valence-corrected chi connectivity index (χ1v) is 15.8. The molecule has 0 amide bonds. The molecule has 0 rings (SSSR count). The van der Waals surface area contributed by atoms with Crippen molar-refractivity contribution in [3.05, 3.63) is 24.8 Å². The van der Waals surface area contributed by atoms with Gasteiger partial charge in [0.05, 0.1) is 12.3 Å². The van der Waals surface area contributed by atoms with Crippen molar-refractivity contribution < 1.29 is 19.4 Å². The molecular weight excluding hydrogens is 460 g/mol. The van der Waals surface area contributed by atoms with Crippen LogP contribution in [-0.2, 0) is 14.3 Å². The summed E-state index contributed by atoms with van der Waals surface area (Å²) in [6, 6.07) is 0. The van der Waals surface area contributed by atoms with Crippen LogP contribution in [0.4, 0.5) is 0 Å². The Hall–Kier alpha value is -1.58. The second-order valence-electron chi connectivity index (χ2n) is 10.8. The van der Waals surface area contributed by atoms with Crippen LogP contribution in [0.25, 0.3) is 0 Å². The number of unbranched alkanes of at least 4 members (excludes halogenated alkanes) is 20. The Labute approximate surface area is 229 Å². The molecule has 0 aliphatic carbocycles. The largest absolute Gasteiger partial charge is 0.481 e. The molecule has 0 aromatic heterocycles. The SMILES string of the molecule is C=CCOC(=O)C(CCCCCCCCCCCCCCC/C=C/CCCCCCCCC)CC(=O)O. The van der Waals surface area contributed by atoms with Gasteiger partial charge in [-0.1, -0.05) is 147 Å². The molecule has 1 atom stereocenters. The zero-order valence-corrected chi connectivity index (χ0v) is 24.4. The van der Waals surface area contributed by atoms with Crippen LogP contribution in [0.2, 0.25) is 0 Å². The Morgan fingerprint density at radius 2 is 1.08 bits per heavy atom. The van der Waals surface area contributed by atoms with E-state index in [-0.39, 0.29) is 13.0 Å². The van der Waals surface area contributed by atoms with Gasteiger partial charge >= 0.3 is 11.9 Å². The summed E-state index contributed by atoms with van der Waals surface area (Å²) in [4.78, 5) is 23.0. The van der Waals surface area contributed by atoms with E-state index in [4.69, 9.17) is 9.84 Å². The standard InChI is InChI=1S/C33H60O4/c1-3-5-6-7-8-9-10-11-12-13-14-15-16-17-18-19-20-21-22-23-24-25-26-27-28-31(30-32(34)35)33(36)37-29-4-2/h4,12-13,31H,2-3,5-11,14-30H2,1H3,(H,34,35)/b13-12+. The summed E-state index contributed by atoms with van der Waals surface area (Å²) in [6.07, 6.45) is 35.6. The number of allylic oxidation sites excluding steroid dienone is 2. The van der Waals surface area contributed by atoms with Gasteiger partial charge in [0, 0.05) is 0 Å². The van der Waals surface area contributed by atoms with Crippen LogP contribution in [0.1, 0.15) is 161 Å². The van der Waals surface area contributed by atoms with Crippen LogP contribution >= 0.6 is 0 Å². The summed E-state index contributed by atoms with van der Waals surface area (Å²) in [5.74, 6) is -1.89. The normalized spacial score (nSPS) is 12.1. The molecule has 216 valence electrons. The van der Waals surface area contributed by atoms with E-state index >= 15 is 0 Å². The molecule has 0 aliphatic rings. The summed E-state index contributed by atoms with van der Waals surface area (Å²) in [5, 5.41) is 9.02. The Balaban J connectivity index is 3.38. The number of rotatable bonds is 29. The van der Waals surface area contributed by atoms with E-state index in [1.54, 1.807) is 0 Å². The molecule has 0 heterocycles. The molecule has 4 nitrogen and oxygen atoms in total. The van der Waals surface area contributed by atoms with Crippen molar-refractivity contribution in [1.29, 1.82) is 0 Å². The van der Waals surface area contributed by atoms with Gasteiger partial charge < -0.3 is 9.84 Å². The maximum Gasteiger partial charge on any atom is 0.309 e. The van der Waals surface area contributed by atoms with E-state index in [9.17, 15) is 9.59 Å². The van der Waals surface area contributed by atoms with Crippen molar-refractivity contribution in [1.82, 2.24) is 0 Å². The van der Waals surface area contributed by atoms with E-state index in [1.807, 2.05) is 0 Å². The van der Waals surface area contributed by atoms with Crippen LogP contribution in [0, 0.1) is 5.92 Å². The average molecular weight is 521 g/mol. The summed E-state index contributed by atoms with van der Waals surface area (Å²) in [6.45, 7) is 5.94. The van der Waals surface area contributed by atoms with Gasteiger partial charge in [0.1, 0.15) is 6.61 Å². The maximum atomic E-state index is 12.0. The van der Waals surface area contributed by atoms with Crippen LogP contribution in [0.3, 0.4) is 0 Å². The Kier molecular flexibility index (Phi) is 27.7. The van der Waals surface area contributed by atoms with Crippen molar-refractivity contribution in [3.63, 3.8) is 0 Å². The quantitative estimate of drug-likeness (QED) is 0.0605. The molecule has 0 aliphatic heterocycles. The van der Waals surface area contributed by atoms with E-state index in [0.717, 1.165) is 19.3 Å². The Bertz CT molecular complexity index is 555. The van der Waals surface area contributed by atoms with E-state index in [0.29, 0.717) is 6.42 Å². The third-order valence-corrected chi connectivity index (χ3v) is 7.16. The molecule has 0 saturated carbocycles. The molecule has 37 heavy (non-hydrogen) atoms. The third-order valence-electron chi connectivity index (χ3n) is 7.16. The first kappa shape index (κ1) is 35.4. The highest BCUT2D eigenvalue weighted by Gasteiger charge is 2.22. The molecule has 0 saturated heterocycles. The highest BCUT2D eigenvalue weighted by Crippen LogP contribution is 2.18. The summed E-state index contributed by atoms with van der Waals surface area (Å²) in [5.41, 5.74) is 0. The van der Waals surface area contributed by atoms with Crippen LogP contribution in [-0.4, -0.2) is 23.7 Å².